The van der Waals surface area contributed by atoms with Crippen molar-refractivity contribution in [2.45, 2.75) is 18.9 Å². The lowest BCUT2D eigenvalue weighted by Crippen LogP contribution is -2.38. The van der Waals surface area contributed by atoms with Crippen LogP contribution in [0.15, 0.2) is 0 Å². The number of hydrogen-bond acceptors (Lipinski definition) is 3. The maximum atomic E-state index is 11.7. The molecule has 0 saturated carbocycles. The summed E-state index contributed by atoms with van der Waals surface area (Å²) in [5.41, 5.74) is 5.59. The first kappa shape index (κ1) is 9.93. The zero-order valence-corrected chi connectivity index (χ0v) is 8.78. The molecule has 0 radical (unpaired) electrons. The van der Waals surface area contributed by atoms with Crippen molar-refractivity contribution in [3.05, 3.63) is 0 Å². The van der Waals surface area contributed by atoms with Gasteiger partial charge in [0.05, 0.1) is 0 Å². The molecule has 14 heavy (non-hydrogen) atoms. The fraction of sp³-hybridized carbons (Fsp3) is 0.900. The maximum absolute atomic E-state index is 11.7. The fourth-order valence-corrected chi connectivity index (χ4v) is 2.49. The number of carbonyl (C=O) groups is 1. The largest absolute Gasteiger partial charge is 0.338 e. The molecule has 2 fully saturated rings. The van der Waals surface area contributed by atoms with Crippen molar-refractivity contribution < 1.29 is 4.79 Å². The predicted octanol–water partition coefficient (Wildman–Crippen LogP) is -0.502. The Kier molecular flexibility index (Phi) is 2.74. The summed E-state index contributed by atoms with van der Waals surface area (Å²) in [5, 5.41) is 0. The zero-order chi connectivity index (χ0) is 10.1. The minimum atomic E-state index is 0.306. The van der Waals surface area contributed by atoms with E-state index in [-0.39, 0.29) is 0 Å². The van der Waals surface area contributed by atoms with Crippen LogP contribution in [0.25, 0.3) is 0 Å². The maximum Gasteiger partial charge on any atom is 0.223 e. The molecule has 2 atom stereocenters. The summed E-state index contributed by atoms with van der Waals surface area (Å²) < 4.78 is 0. The van der Waals surface area contributed by atoms with Gasteiger partial charge in [0, 0.05) is 25.6 Å². The van der Waals surface area contributed by atoms with Crippen molar-refractivity contribution in [3.8, 4) is 0 Å². The third-order valence-electron chi connectivity index (χ3n) is 3.38. The summed E-state index contributed by atoms with van der Waals surface area (Å²) in [5.74, 6) is 0.703. The van der Waals surface area contributed by atoms with Crippen molar-refractivity contribution in [2.75, 3.05) is 33.2 Å². The van der Waals surface area contributed by atoms with E-state index in [2.05, 4.69) is 11.9 Å². The molecule has 0 aromatic rings. The molecule has 2 aliphatic rings. The lowest BCUT2D eigenvalue weighted by Gasteiger charge is -2.24. The molecule has 2 heterocycles. The van der Waals surface area contributed by atoms with E-state index < -0.39 is 0 Å². The smallest absolute Gasteiger partial charge is 0.223 e. The van der Waals surface area contributed by atoms with Gasteiger partial charge in [-0.3, -0.25) is 4.79 Å². The molecule has 4 nitrogen and oxygen atoms in total. The number of nitrogens with zero attached hydrogens (tertiary/aromatic N) is 2. The summed E-state index contributed by atoms with van der Waals surface area (Å²) in [6.07, 6.45) is 1.79. The van der Waals surface area contributed by atoms with Crippen molar-refractivity contribution in [1.29, 1.82) is 0 Å². The van der Waals surface area contributed by atoms with Crippen LogP contribution in [-0.2, 0) is 4.79 Å². The molecule has 2 rings (SSSR count). The average Bonchev–Trinajstić information content (AvgIpc) is 2.71. The quantitative estimate of drug-likeness (QED) is 0.649. The van der Waals surface area contributed by atoms with E-state index in [0.717, 1.165) is 26.1 Å². The summed E-state index contributed by atoms with van der Waals surface area (Å²) in [6, 6.07) is 0.448. The molecule has 80 valence electrons. The molecular formula is C10H19N3O. The van der Waals surface area contributed by atoms with Crippen molar-refractivity contribution >= 4 is 5.91 Å². The number of hydrogen-bond donors (Lipinski definition) is 1. The minimum Gasteiger partial charge on any atom is -0.338 e. The van der Waals surface area contributed by atoms with Crippen LogP contribution in [0, 0.1) is 5.92 Å². The van der Waals surface area contributed by atoms with Crippen LogP contribution in [0.2, 0.25) is 0 Å². The van der Waals surface area contributed by atoms with Crippen LogP contribution >= 0.6 is 0 Å². The lowest BCUT2D eigenvalue weighted by molar-refractivity contribution is -0.129. The normalized spacial score (nSPS) is 34.4. The van der Waals surface area contributed by atoms with Crippen LogP contribution in [0.5, 0.6) is 0 Å². The van der Waals surface area contributed by atoms with Gasteiger partial charge in [0.25, 0.3) is 0 Å². The van der Waals surface area contributed by atoms with Crippen molar-refractivity contribution in [3.63, 3.8) is 0 Å². The molecule has 0 bridgehead atoms. The number of rotatable bonds is 2. The lowest BCUT2D eigenvalue weighted by atomic mass is 10.1. The second-order valence-corrected chi connectivity index (χ2v) is 4.56. The van der Waals surface area contributed by atoms with Gasteiger partial charge < -0.3 is 15.5 Å². The molecule has 4 heteroatoms. The Hall–Kier alpha value is -0.610. The average molecular weight is 197 g/mol. The van der Waals surface area contributed by atoms with Gasteiger partial charge in [0.15, 0.2) is 0 Å². The SMILES string of the molecule is CN1CCC(N2CC(CN)CC2=O)C1. The first-order valence-corrected chi connectivity index (χ1v) is 5.38. The summed E-state index contributed by atoms with van der Waals surface area (Å²) >= 11 is 0. The summed E-state index contributed by atoms with van der Waals surface area (Å²) in [4.78, 5) is 16.0. The van der Waals surface area contributed by atoms with E-state index in [1.165, 1.54) is 0 Å². The Balaban J connectivity index is 1.95. The Morgan fingerprint density at radius 1 is 1.50 bits per heavy atom. The van der Waals surface area contributed by atoms with Gasteiger partial charge in [0.2, 0.25) is 5.91 Å². The van der Waals surface area contributed by atoms with Gasteiger partial charge in [-0.1, -0.05) is 0 Å². The van der Waals surface area contributed by atoms with Gasteiger partial charge in [0.1, 0.15) is 0 Å². The molecule has 2 aliphatic heterocycles. The number of likely N-dealkylation sites (N-methyl/N-ethyl adjacent to an activating group) is 1. The van der Waals surface area contributed by atoms with E-state index in [1.54, 1.807) is 0 Å². The highest BCUT2D eigenvalue weighted by Crippen LogP contribution is 2.23. The molecule has 2 unspecified atom stereocenters. The third kappa shape index (κ3) is 1.77. The topological polar surface area (TPSA) is 49.6 Å². The van der Waals surface area contributed by atoms with Gasteiger partial charge in [-0.05, 0) is 32.5 Å². The van der Waals surface area contributed by atoms with Gasteiger partial charge in [-0.2, -0.15) is 0 Å². The van der Waals surface area contributed by atoms with Crippen molar-refractivity contribution in [1.82, 2.24) is 9.80 Å². The Labute approximate surface area is 85.0 Å². The van der Waals surface area contributed by atoms with Crippen LogP contribution in [-0.4, -0.2) is 55.0 Å². The molecule has 2 saturated heterocycles. The number of nitrogens with two attached hydrogens (primary N) is 1. The standard InChI is InChI=1S/C10H19N3O/c1-12-3-2-9(7-12)13-6-8(5-11)4-10(13)14/h8-9H,2-7,11H2,1H3. The highest BCUT2D eigenvalue weighted by molar-refractivity contribution is 5.79. The van der Waals surface area contributed by atoms with E-state index in [9.17, 15) is 4.79 Å². The third-order valence-corrected chi connectivity index (χ3v) is 3.38. The molecule has 0 aliphatic carbocycles. The molecule has 0 aromatic heterocycles. The number of carbonyl (C=O) groups excluding carboxylic acids is 1. The Bertz CT molecular complexity index is 231. The molecule has 0 spiro atoms. The van der Waals surface area contributed by atoms with Crippen LogP contribution in [0.3, 0.4) is 0 Å². The van der Waals surface area contributed by atoms with Gasteiger partial charge in [-0.15, -0.1) is 0 Å². The first-order valence-electron chi connectivity index (χ1n) is 5.38. The van der Waals surface area contributed by atoms with Crippen LogP contribution in [0.1, 0.15) is 12.8 Å². The van der Waals surface area contributed by atoms with Crippen LogP contribution < -0.4 is 5.73 Å². The van der Waals surface area contributed by atoms with E-state index in [0.29, 0.717) is 30.8 Å². The minimum absolute atomic E-state index is 0.306. The fourth-order valence-electron chi connectivity index (χ4n) is 2.49. The molecule has 2 N–H and O–H groups in total. The summed E-state index contributed by atoms with van der Waals surface area (Å²) in [7, 11) is 2.11. The highest BCUT2D eigenvalue weighted by Gasteiger charge is 2.35. The van der Waals surface area contributed by atoms with Gasteiger partial charge >= 0.3 is 0 Å². The van der Waals surface area contributed by atoms with E-state index >= 15 is 0 Å². The van der Waals surface area contributed by atoms with Crippen LogP contribution in [0.4, 0.5) is 0 Å². The zero-order valence-electron chi connectivity index (χ0n) is 8.78. The van der Waals surface area contributed by atoms with Gasteiger partial charge in [-0.25, -0.2) is 0 Å². The summed E-state index contributed by atoms with van der Waals surface area (Å²) in [6.45, 7) is 3.67. The predicted molar refractivity (Wildman–Crippen MR) is 54.8 cm³/mol. The molecule has 1 amide bonds. The number of likely N-dealkylation sites (tertiary alicyclic amines) is 2. The second-order valence-electron chi connectivity index (χ2n) is 4.56. The molecular weight excluding hydrogens is 178 g/mol. The Morgan fingerprint density at radius 2 is 2.29 bits per heavy atom. The van der Waals surface area contributed by atoms with E-state index in [1.807, 2.05) is 4.90 Å². The monoisotopic (exact) mass is 197 g/mol. The van der Waals surface area contributed by atoms with E-state index in [4.69, 9.17) is 5.73 Å². The number of amides is 1. The Morgan fingerprint density at radius 3 is 2.79 bits per heavy atom. The second kappa shape index (κ2) is 3.87. The van der Waals surface area contributed by atoms with Crippen molar-refractivity contribution in [2.24, 2.45) is 11.7 Å². The molecule has 0 aromatic carbocycles. The first-order chi connectivity index (χ1) is 6.70. The highest BCUT2D eigenvalue weighted by atomic mass is 16.2.